The average molecular weight is 322 g/mol. The number of hydrogen-bond donors (Lipinski definition) is 1. The third kappa shape index (κ3) is 3.31. The van der Waals surface area contributed by atoms with Gasteiger partial charge in [0.05, 0.1) is 12.5 Å². The van der Waals surface area contributed by atoms with Crippen LogP contribution in [0.3, 0.4) is 0 Å². The molecule has 0 aromatic carbocycles. The Morgan fingerprint density at radius 3 is 2.43 bits per heavy atom. The molecule has 6 atom stereocenters. The predicted molar refractivity (Wildman–Crippen MR) is 90.9 cm³/mol. The first-order chi connectivity index (χ1) is 11.0. The molecule has 3 heteroatoms. The molecular weight excluding hydrogens is 288 g/mol. The fourth-order valence-electron chi connectivity index (χ4n) is 5.77. The van der Waals surface area contributed by atoms with Gasteiger partial charge < -0.3 is 9.84 Å². The van der Waals surface area contributed by atoms with Gasteiger partial charge in [-0.25, -0.2) is 0 Å². The number of aliphatic hydroxyl groups excluding tert-OH is 1. The van der Waals surface area contributed by atoms with E-state index in [1.165, 1.54) is 12.8 Å². The van der Waals surface area contributed by atoms with E-state index in [4.69, 9.17) is 4.74 Å². The number of hydrogen-bond acceptors (Lipinski definition) is 3. The number of ether oxygens (including phenoxy) is 1. The zero-order chi connectivity index (χ0) is 16.6. The van der Waals surface area contributed by atoms with Crippen molar-refractivity contribution >= 4 is 5.97 Å². The second-order valence-electron chi connectivity index (χ2n) is 8.62. The summed E-state index contributed by atoms with van der Waals surface area (Å²) in [5.41, 5.74) is -0.245. The molecule has 132 valence electrons. The van der Waals surface area contributed by atoms with Gasteiger partial charge in [-0.05, 0) is 74.5 Å². The molecule has 3 fully saturated rings. The van der Waals surface area contributed by atoms with E-state index in [1.807, 2.05) is 0 Å². The molecule has 0 aromatic rings. The molecule has 3 aliphatic rings. The largest absolute Gasteiger partial charge is 0.459 e. The molecule has 0 radical (unpaired) electrons. The smallest absolute Gasteiger partial charge is 0.308 e. The van der Waals surface area contributed by atoms with Crippen molar-refractivity contribution in [1.29, 1.82) is 0 Å². The van der Waals surface area contributed by atoms with Crippen molar-refractivity contribution in [2.75, 3.05) is 0 Å². The first-order valence-corrected chi connectivity index (χ1v) is 9.85. The highest BCUT2D eigenvalue weighted by Crippen LogP contribution is 2.56. The Morgan fingerprint density at radius 1 is 1.17 bits per heavy atom. The van der Waals surface area contributed by atoms with Crippen molar-refractivity contribution < 1.29 is 14.6 Å². The normalized spacial score (nSPS) is 40.1. The van der Waals surface area contributed by atoms with Crippen LogP contribution >= 0.6 is 0 Å². The van der Waals surface area contributed by atoms with Crippen molar-refractivity contribution in [3.05, 3.63) is 0 Å². The summed E-state index contributed by atoms with van der Waals surface area (Å²) in [7, 11) is 0. The van der Waals surface area contributed by atoms with Crippen LogP contribution < -0.4 is 0 Å². The molecule has 3 aliphatic carbocycles. The van der Waals surface area contributed by atoms with E-state index in [-0.39, 0.29) is 18.0 Å². The first kappa shape index (κ1) is 17.3. The molecule has 3 saturated carbocycles. The molecule has 0 aromatic heterocycles. The molecule has 6 unspecified atom stereocenters. The second-order valence-corrected chi connectivity index (χ2v) is 8.62. The summed E-state index contributed by atoms with van der Waals surface area (Å²) < 4.78 is 5.89. The predicted octanol–water partition coefficient (Wildman–Crippen LogP) is 4.32. The van der Waals surface area contributed by atoms with Crippen molar-refractivity contribution in [1.82, 2.24) is 0 Å². The molecule has 0 amide bonds. The fourth-order valence-corrected chi connectivity index (χ4v) is 5.77. The quantitative estimate of drug-likeness (QED) is 0.767. The van der Waals surface area contributed by atoms with Gasteiger partial charge in [-0.15, -0.1) is 0 Å². The lowest BCUT2D eigenvalue weighted by Crippen LogP contribution is -2.39. The highest BCUT2D eigenvalue weighted by Gasteiger charge is 2.51. The van der Waals surface area contributed by atoms with Crippen LogP contribution in [0.2, 0.25) is 0 Å². The van der Waals surface area contributed by atoms with Crippen LogP contribution in [0.25, 0.3) is 0 Å². The third-order valence-electron chi connectivity index (χ3n) is 7.56. The minimum atomic E-state index is -0.509. The summed E-state index contributed by atoms with van der Waals surface area (Å²) in [4.78, 5) is 12.4. The Morgan fingerprint density at radius 2 is 1.87 bits per heavy atom. The van der Waals surface area contributed by atoms with Gasteiger partial charge in [-0.2, -0.15) is 0 Å². The van der Waals surface area contributed by atoms with E-state index in [0.717, 1.165) is 50.4 Å². The summed E-state index contributed by atoms with van der Waals surface area (Å²) in [6, 6.07) is 0. The van der Waals surface area contributed by atoms with E-state index >= 15 is 0 Å². The lowest BCUT2D eigenvalue weighted by Gasteiger charge is -2.37. The van der Waals surface area contributed by atoms with Gasteiger partial charge in [0.1, 0.15) is 5.60 Å². The van der Waals surface area contributed by atoms with Gasteiger partial charge in [0.2, 0.25) is 0 Å². The van der Waals surface area contributed by atoms with Crippen LogP contribution in [0.1, 0.15) is 78.6 Å². The lowest BCUT2D eigenvalue weighted by molar-refractivity contribution is -0.167. The van der Waals surface area contributed by atoms with Gasteiger partial charge in [0.15, 0.2) is 0 Å². The maximum Gasteiger partial charge on any atom is 0.308 e. The Balaban J connectivity index is 1.54. The van der Waals surface area contributed by atoms with Crippen LogP contribution in [0.4, 0.5) is 0 Å². The van der Waals surface area contributed by atoms with Crippen LogP contribution in [-0.2, 0) is 9.53 Å². The van der Waals surface area contributed by atoms with Crippen LogP contribution in [0, 0.1) is 29.6 Å². The number of rotatable bonds is 5. The van der Waals surface area contributed by atoms with E-state index < -0.39 is 6.10 Å². The molecule has 0 saturated heterocycles. The monoisotopic (exact) mass is 322 g/mol. The SMILES string of the molecule is CCC1(OC(=O)CC(O)C2CC3CC2C(C)C3C)CCCCC1. The summed E-state index contributed by atoms with van der Waals surface area (Å²) in [5, 5.41) is 10.6. The van der Waals surface area contributed by atoms with E-state index in [1.54, 1.807) is 0 Å². The first-order valence-electron chi connectivity index (χ1n) is 9.85. The van der Waals surface area contributed by atoms with Crippen molar-refractivity contribution in [3.63, 3.8) is 0 Å². The Labute approximate surface area is 141 Å². The summed E-state index contributed by atoms with van der Waals surface area (Å²) in [6.45, 7) is 6.79. The summed E-state index contributed by atoms with van der Waals surface area (Å²) in [6.07, 6.45) is 8.49. The summed E-state index contributed by atoms with van der Waals surface area (Å²) in [5.74, 6) is 2.96. The standard InChI is InChI=1S/C20H34O3/c1-4-20(8-6-5-7-9-20)23-19(22)12-18(21)17-11-15-10-16(17)14(3)13(15)2/h13-18,21H,4-12H2,1-3H3. The number of carbonyl (C=O) groups excluding carboxylic acids is 1. The topological polar surface area (TPSA) is 46.5 Å². The van der Waals surface area contributed by atoms with Crippen molar-refractivity contribution in [3.8, 4) is 0 Å². The third-order valence-corrected chi connectivity index (χ3v) is 7.56. The van der Waals surface area contributed by atoms with Gasteiger partial charge in [0, 0.05) is 0 Å². The average Bonchev–Trinajstić information content (AvgIpc) is 3.09. The minimum absolute atomic E-state index is 0.176. The highest BCUT2D eigenvalue weighted by molar-refractivity contribution is 5.70. The molecular formula is C20H34O3. The number of esters is 1. The lowest BCUT2D eigenvalue weighted by atomic mass is 9.73. The van der Waals surface area contributed by atoms with Gasteiger partial charge >= 0.3 is 5.97 Å². The van der Waals surface area contributed by atoms with Crippen molar-refractivity contribution in [2.24, 2.45) is 29.6 Å². The van der Waals surface area contributed by atoms with Crippen LogP contribution in [0.5, 0.6) is 0 Å². The molecule has 1 N–H and O–H groups in total. The van der Waals surface area contributed by atoms with Crippen LogP contribution in [-0.4, -0.2) is 22.8 Å². The Hall–Kier alpha value is -0.570. The zero-order valence-electron chi connectivity index (χ0n) is 15.1. The van der Waals surface area contributed by atoms with Crippen molar-refractivity contribution in [2.45, 2.75) is 90.3 Å². The fraction of sp³-hybridized carbons (Fsp3) is 0.950. The molecule has 2 bridgehead atoms. The molecule has 3 rings (SSSR count). The van der Waals surface area contributed by atoms with Crippen LogP contribution in [0.15, 0.2) is 0 Å². The maximum absolute atomic E-state index is 12.4. The Kier molecular flexibility index (Phi) is 5.06. The number of fused-ring (bicyclic) bond motifs is 2. The van der Waals surface area contributed by atoms with E-state index in [2.05, 4.69) is 20.8 Å². The molecule has 0 aliphatic heterocycles. The maximum atomic E-state index is 12.4. The Bertz CT molecular complexity index is 425. The van der Waals surface area contributed by atoms with Gasteiger partial charge in [0.25, 0.3) is 0 Å². The van der Waals surface area contributed by atoms with E-state index in [0.29, 0.717) is 17.8 Å². The molecule has 23 heavy (non-hydrogen) atoms. The minimum Gasteiger partial charge on any atom is -0.459 e. The van der Waals surface area contributed by atoms with Gasteiger partial charge in [-0.1, -0.05) is 27.2 Å². The number of carbonyl (C=O) groups is 1. The molecule has 3 nitrogen and oxygen atoms in total. The highest BCUT2D eigenvalue weighted by atomic mass is 16.6. The zero-order valence-corrected chi connectivity index (χ0v) is 15.1. The summed E-state index contributed by atoms with van der Waals surface area (Å²) >= 11 is 0. The molecule has 0 heterocycles. The second kappa shape index (κ2) is 6.74. The van der Waals surface area contributed by atoms with Gasteiger partial charge in [-0.3, -0.25) is 4.79 Å². The van der Waals surface area contributed by atoms with E-state index in [9.17, 15) is 9.90 Å². The molecule has 0 spiro atoms. The number of aliphatic hydroxyl groups is 1.